The van der Waals surface area contributed by atoms with Crippen molar-refractivity contribution < 1.29 is 9.90 Å². The molecule has 0 spiro atoms. The summed E-state index contributed by atoms with van der Waals surface area (Å²) in [6, 6.07) is 7.36. The number of hydrogen-bond donors (Lipinski definition) is 2. The predicted molar refractivity (Wildman–Crippen MR) is 60.0 cm³/mol. The predicted octanol–water partition coefficient (Wildman–Crippen LogP) is 1.76. The van der Waals surface area contributed by atoms with Crippen LogP contribution in [0.2, 0.25) is 0 Å². The van der Waals surface area contributed by atoms with Gasteiger partial charge in [-0.25, -0.2) is 0 Å². The Morgan fingerprint density at radius 1 is 1.53 bits per heavy atom. The molecule has 1 aliphatic carbocycles. The van der Waals surface area contributed by atoms with Crippen molar-refractivity contribution in [3.8, 4) is 5.75 Å². The van der Waals surface area contributed by atoms with Gasteiger partial charge in [-0.1, -0.05) is 6.07 Å². The first-order valence-electron chi connectivity index (χ1n) is 4.95. The van der Waals surface area contributed by atoms with E-state index in [9.17, 15) is 9.90 Å². The van der Waals surface area contributed by atoms with Crippen LogP contribution in [0.15, 0.2) is 29.2 Å². The van der Waals surface area contributed by atoms with Crippen molar-refractivity contribution in [2.24, 2.45) is 0 Å². The number of carbonyl (C=O) groups is 1. The number of amides is 1. The molecule has 0 unspecified atom stereocenters. The zero-order valence-corrected chi connectivity index (χ0v) is 9.09. The Labute approximate surface area is 92.9 Å². The molecule has 3 nitrogen and oxygen atoms in total. The fraction of sp³-hybridized carbons (Fsp3) is 0.364. The van der Waals surface area contributed by atoms with Crippen LogP contribution in [0, 0.1) is 0 Å². The summed E-state index contributed by atoms with van der Waals surface area (Å²) in [5.41, 5.74) is 0. The molecule has 4 heteroatoms. The highest BCUT2D eigenvalue weighted by Gasteiger charge is 2.22. The maximum Gasteiger partial charge on any atom is 0.230 e. The lowest BCUT2D eigenvalue weighted by Gasteiger charge is -2.03. The Balaban J connectivity index is 1.78. The van der Waals surface area contributed by atoms with Gasteiger partial charge in [0.2, 0.25) is 5.91 Å². The molecule has 0 aromatic heterocycles. The fourth-order valence-electron chi connectivity index (χ4n) is 1.22. The Kier molecular flexibility index (Phi) is 3.16. The van der Waals surface area contributed by atoms with Crippen LogP contribution >= 0.6 is 11.8 Å². The summed E-state index contributed by atoms with van der Waals surface area (Å²) in [7, 11) is 0. The van der Waals surface area contributed by atoms with Crippen LogP contribution in [-0.4, -0.2) is 22.8 Å². The summed E-state index contributed by atoms with van der Waals surface area (Å²) in [6.45, 7) is 0. The molecule has 15 heavy (non-hydrogen) atoms. The van der Waals surface area contributed by atoms with Crippen LogP contribution in [0.5, 0.6) is 5.75 Å². The van der Waals surface area contributed by atoms with Crippen molar-refractivity contribution in [2.45, 2.75) is 23.8 Å². The number of phenols is 1. The second kappa shape index (κ2) is 4.57. The lowest BCUT2D eigenvalue weighted by atomic mass is 10.3. The van der Waals surface area contributed by atoms with Crippen molar-refractivity contribution in [3.63, 3.8) is 0 Å². The highest BCUT2D eigenvalue weighted by molar-refractivity contribution is 8.00. The molecule has 2 N–H and O–H groups in total. The lowest BCUT2D eigenvalue weighted by Crippen LogP contribution is -2.26. The molecule has 1 aromatic carbocycles. The Morgan fingerprint density at radius 3 is 3.00 bits per heavy atom. The van der Waals surface area contributed by atoms with Gasteiger partial charge in [0.05, 0.1) is 5.75 Å². The minimum absolute atomic E-state index is 0.0749. The molecule has 0 saturated heterocycles. The first-order chi connectivity index (χ1) is 7.24. The first-order valence-corrected chi connectivity index (χ1v) is 5.94. The summed E-state index contributed by atoms with van der Waals surface area (Å²) in [5.74, 6) is 0.730. The molecule has 1 aliphatic rings. The Bertz CT molecular complexity index is 363. The molecule has 80 valence electrons. The number of nitrogens with one attached hydrogen (secondary N) is 1. The summed E-state index contributed by atoms with van der Waals surface area (Å²) in [4.78, 5) is 12.3. The van der Waals surface area contributed by atoms with Crippen molar-refractivity contribution in [1.29, 1.82) is 0 Å². The molecule has 2 rings (SSSR count). The zero-order valence-electron chi connectivity index (χ0n) is 8.27. The molecular weight excluding hydrogens is 210 g/mol. The SMILES string of the molecule is O=C(CSc1cccc(O)c1)NC1CC1. The van der Waals surface area contributed by atoms with E-state index in [0.717, 1.165) is 17.7 Å². The van der Waals surface area contributed by atoms with Gasteiger partial charge in [0, 0.05) is 10.9 Å². The van der Waals surface area contributed by atoms with Gasteiger partial charge in [0.1, 0.15) is 5.75 Å². The molecule has 0 aliphatic heterocycles. The fourth-order valence-corrected chi connectivity index (χ4v) is 1.98. The molecule has 0 heterocycles. The van der Waals surface area contributed by atoms with Gasteiger partial charge in [-0.05, 0) is 31.0 Å². The second-order valence-electron chi connectivity index (χ2n) is 3.63. The molecule has 0 atom stereocenters. The molecular formula is C11H13NO2S. The van der Waals surface area contributed by atoms with E-state index in [1.165, 1.54) is 11.8 Å². The van der Waals surface area contributed by atoms with Crippen LogP contribution in [0.25, 0.3) is 0 Å². The van der Waals surface area contributed by atoms with Crippen LogP contribution in [0.3, 0.4) is 0 Å². The molecule has 1 aromatic rings. The van der Waals surface area contributed by atoms with E-state index in [-0.39, 0.29) is 11.7 Å². The quantitative estimate of drug-likeness (QED) is 0.765. The van der Waals surface area contributed by atoms with E-state index in [4.69, 9.17) is 0 Å². The van der Waals surface area contributed by atoms with Crippen LogP contribution in [-0.2, 0) is 4.79 Å². The second-order valence-corrected chi connectivity index (χ2v) is 4.68. The highest BCUT2D eigenvalue weighted by atomic mass is 32.2. The maximum atomic E-state index is 11.4. The minimum Gasteiger partial charge on any atom is -0.508 e. The summed E-state index contributed by atoms with van der Waals surface area (Å²) < 4.78 is 0. The smallest absolute Gasteiger partial charge is 0.230 e. The monoisotopic (exact) mass is 223 g/mol. The zero-order chi connectivity index (χ0) is 10.7. The average molecular weight is 223 g/mol. The van der Waals surface area contributed by atoms with E-state index in [1.807, 2.05) is 6.07 Å². The molecule has 1 saturated carbocycles. The molecule has 0 radical (unpaired) electrons. The number of carbonyl (C=O) groups excluding carboxylic acids is 1. The van der Waals surface area contributed by atoms with Crippen LogP contribution in [0.4, 0.5) is 0 Å². The van der Waals surface area contributed by atoms with E-state index >= 15 is 0 Å². The highest BCUT2D eigenvalue weighted by Crippen LogP contribution is 2.23. The molecule has 1 fully saturated rings. The van der Waals surface area contributed by atoms with Crippen molar-refractivity contribution >= 4 is 17.7 Å². The van der Waals surface area contributed by atoms with Gasteiger partial charge in [-0.2, -0.15) is 0 Å². The van der Waals surface area contributed by atoms with Gasteiger partial charge >= 0.3 is 0 Å². The number of hydrogen-bond acceptors (Lipinski definition) is 3. The number of phenolic OH excluding ortho intramolecular Hbond substituents is 1. The van der Waals surface area contributed by atoms with Gasteiger partial charge in [0.15, 0.2) is 0 Å². The third-order valence-corrected chi connectivity index (χ3v) is 3.12. The van der Waals surface area contributed by atoms with E-state index < -0.39 is 0 Å². The van der Waals surface area contributed by atoms with Crippen molar-refractivity contribution in [1.82, 2.24) is 5.32 Å². The third kappa shape index (κ3) is 3.47. The number of rotatable bonds is 4. The van der Waals surface area contributed by atoms with E-state index in [0.29, 0.717) is 11.8 Å². The molecule has 1 amide bonds. The van der Waals surface area contributed by atoms with Gasteiger partial charge < -0.3 is 10.4 Å². The third-order valence-electron chi connectivity index (χ3n) is 2.13. The van der Waals surface area contributed by atoms with Gasteiger partial charge in [0.25, 0.3) is 0 Å². The standard InChI is InChI=1S/C11H13NO2S/c13-9-2-1-3-10(6-9)15-7-11(14)12-8-4-5-8/h1-3,6,8,13H,4-5,7H2,(H,12,14). The maximum absolute atomic E-state index is 11.4. The van der Waals surface area contributed by atoms with E-state index in [1.54, 1.807) is 18.2 Å². The Morgan fingerprint density at radius 2 is 2.33 bits per heavy atom. The van der Waals surface area contributed by atoms with E-state index in [2.05, 4.69) is 5.32 Å². The number of thioether (sulfide) groups is 1. The summed E-state index contributed by atoms with van der Waals surface area (Å²) in [6.07, 6.45) is 2.23. The number of benzene rings is 1. The van der Waals surface area contributed by atoms with Crippen molar-refractivity contribution in [3.05, 3.63) is 24.3 Å². The van der Waals surface area contributed by atoms with Crippen LogP contribution < -0.4 is 5.32 Å². The minimum atomic E-state index is 0.0749. The first kappa shape index (κ1) is 10.4. The summed E-state index contributed by atoms with van der Waals surface area (Å²) in [5, 5.41) is 12.1. The van der Waals surface area contributed by atoms with Crippen LogP contribution in [0.1, 0.15) is 12.8 Å². The molecule has 0 bridgehead atoms. The largest absolute Gasteiger partial charge is 0.508 e. The van der Waals surface area contributed by atoms with Gasteiger partial charge in [-0.3, -0.25) is 4.79 Å². The van der Waals surface area contributed by atoms with Crippen molar-refractivity contribution in [2.75, 3.05) is 5.75 Å². The Hall–Kier alpha value is -1.16. The average Bonchev–Trinajstić information content (AvgIpc) is 2.99. The number of aromatic hydroxyl groups is 1. The lowest BCUT2D eigenvalue weighted by molar-refractivity contribution is -0.118. The summed E-state index contributed by atoms with van der Waals surface area (Å²) >= 11 is 1.44. The normalized spacial score (nSPS) is 14.9. The van der Waals surface area contributed by atoms with Gasteiger partial charge in [-0.15, -0.1) is 11.8 Å². The topological polar surface area (TPSA) is 49.3 Å².